The van der Waals surface area contributed by atoms with Crippen molar-refractivity contribution in [3.8, 4) is 0 Å². The Hall–Kier alpha value is -0.790. The number of methoxy groups -OCH3 is 2. The minimum atomic E-state index is -2.59. The zero-order chi connectivity index (χ0) is 18.1. The number of nitrogens with zero attached hydrogens (tertiary/aromatic N) is 1. The standard InChI is InChI=1S/C18H26NO6P/c1-21-11-23-15-10-19-16(17(15)24-12-22-2)18-14(25-19)8-9-26(18,20)13-6-4-3-5-7-13/h3-7,14-18H,8-12H2,1-2H3/t14-,15-,16-,17+,18+,26-/m0/s1. The lowest BCUT2D eigenvalue weighted by molar-refractivity contribution is -0.159. The topological polar surface area (TPSA) is 66.5 Å². The fourth-order valence-electron chi connectivity index (χ4n) is 4.56. The third kappa shape index (κ3) is 3.06. The summed E-state index contributed by atoms with van der Waals surface area (Å²) in [6.07, 6.45) is 0.987. The Morgan fingerprint density at radius 2 is 1.88 bits per heavy atom. The van der Waals surface area contributed by atoms with E-state index < -0.39 is 7.14 Å². The van der Waals surface area contributed by atoms with Gasteiger partial charge in [-0.1, -0.05) is 30.3 Å². The van der Waals surface area contributed by atoms with Crippen LogP contribution in [0.5, 0.6) is 0 Å². The van der Waals surface area contributed by atoms with E-state index in [9.17, 15) is 4.57 Å². The summed E-state index contributed by atoms with van der Waals surface area (Å²) >= 11 is 0. The van der Waals surface area contributed by atoms with Crippen LogP contribution in [-0.2, 0) is 28.4 Å². The summed E-state index contributed by atoms with van der Waals surface area (Å²) in [4.78, 5) is 6.17. The van der Waals surface area contributed by atoms with Crippen LogP contribution < -0.4 is 5.30 Å². The molecule has 3 saturated heterocycles. The van der Waals surface area contributed by atoms with Crippen LogP contribution in [-0.4, -0.2) is 75.6 Å². The van der Waals surface area contributed by atoms with E-state index in [0.717, 1.165) is 11.7 Å². The van der Waals surface area contributed by atoms with E-state index in [1.54, 1.807) is 14.2 Å². The van der Waals surface area contributed by atoms with Crippen LogP contribution in [0.3, 0.4) is 0 Å². The Kier molecular flexibility index (Phi) is 5.48. The molecule has 0 saturated carbocycles. The monoisotopic (exact) mass is 383 g/mol. The van der Waals surface area contributed by atoms with Crippen molar-refractivity contribution in [3.05, 3.63) is 30.3 Å². The van der Waals surface area contributed by atoms with Gasteiger partial charge in [-0.15, -0.1) is 0 Å². The highest BCUT2D eigenvalue weighted by molar-refractivity contribution is 7.72. The summed E-state index contributed by atoms with van der Waals surface area (Å²) in [5.41, 5.74) is -0.0806. The molecular formula is C18H26NO6P. The minimum Gasteiger partial charge on any atom is -0.359 e. The van der Waals surface area contributed by atoms with E-state index >= 15 is 0 Å². The lowest BCUT2D eigenvalue weighted by Gasteiger charge is -2.29. The molecule has 0 aliphatic carbocycles. The first-order valence-corrected chi connectivity index (χ1v) is 10.9. The number of hydroxylamine groups is 2. The average molecular weight is 383 g/mol. The summed E-state index contributed by atoms with van der Waals surface area (Å²) in [5.74, 6) is 0. The zero-order valence-electron chi connectivity index (χ0n) is 15.2. The summed E-state index contributed by atoms with van der Waals surface area (Å²) in [5, 5.41) is 2.86. The van der Waals surface area contributed by atoms with Crippen LogP contribution in [0.25, 0.3) is 0 Å². The molecule has 4 rings (SSSR count). The second-order valence-electron chi connectivity index (χ2n) is 7.02. The average Bonchev–Trinajstić information content (AvgIpc) is 3.29. The Morgan fingerprint density at radius 1 is 1.15 bits per heavy atom. The van der Waals surface area contributed by atoms with Crippen molar-refractivity contribution in [1.82, 2.24) is 5.06 Å². The second kappa shape index (κ2) is 7.68. The summed E-state index contributed by atoms with van der Waals surface area (Å²) in [6, 6.07) is 9.71. The molecule has 0 spiro atoms. The van der Waals surface area contributed by atoms with Crippen molar-refractivity contribution in [1.29, 1.82) is 0 Å². The van der Waals surface area contributed by atoms with Gasteiger partial charge in [-0.2, -0.15) is 5.06 Å². The molecule has 3 aliphatic heterocycles. The van der Waals surface area contributed by atoms with Crippen molar-refractivity contribution in [3.63, 3.8) is 0 Å². The summed E-state index contributed by atoms with van der Waals surface area (Å²) in [7, 11) is 0.592. The maximum absolute atomic E-state index is 14.1. The highest BCUT2D eigenvalue weighted by atomic mass is 31.2. The molecule has 3 heterocycles. The van der Waals surface area contributed by atoms with Crippen LogP contribution in [0.15, 0.2) is 30.3 Å². The number of ether oxygens (including phenoxy) is 4. The largest absolute Gasteiger partial charge is 0.359 e. The van der Waals surface area contributed by atoms with Gasteiger partial charge in [0.25, 0.3) is 0 Å². The lowest BCUT2D eigenvalue weighted by atomic mass is 10.0. The number of fused-ring (bicyclic) bond motifs is 3. The molecule has 0 radical (unpaired) electrons. The maximum Gasteiger partial charge on any atom is 0.146 e. The van der Waals surface area contributed by atoms with Crippen molar-refractivity contribution in [2.24, 2.45) is 0 Å². The van der Waals surface area contributed by atoms with E-state index in [1.807, 2.05) is 35.4 Å². The van der Waals surface area contributed by atoms with E-state index in [1.165, 1.54) is 0 Å². The van der Waals surface area contributed by atoms with Gasteiger partial charge in [0.15, 0.2) is 0 Å². The molecule has 0 N–H and O–H groups in total. The molecule has 1 aromatic rings. The number of hydrogen-bond acceptors (Lipinski definition) is 7. The van der Waals surface area contributed by atoms with Gasteiger partial charge in [-0.05, 0) is 6.42 Å². The molecule has 3 fully saturated rings. The molecule has 26 heavy (non-hydrogen) atoms. The number of hydrogen-bond donors (Lipinski definition) is 0. The van der Waals surface area contributed by atoms with Gasteiger partial charge in [0.1, 0.15) is 32.9 Å². The molecular weight excluding hydrogens is 357 g/mol. The summed E-state index contributed by atoms with van der Waals surface area (Å²) < 4.78 is 36.0. The van der Waals surface area contributed by atoms with Gasteiger partial charge in [-0.25, -0.2) is 0 Å². The van der Waals surface area contributed by atoms with Crippen LogP contribution in [0.1, 0.15) is 6.42 Å². The molecule has 0 unspecified atom stereocenters. The van der Waals surface area contributed by atoms with Crippen molar-refractivity contribution >= 4 is 12.4 Å². The van der Waals surface area contributed by atoms with Crippen molar-refractivity contribution in [2.75, 3.05) is 40.5 Å². The maximum atomic E-state index is 14.1. The predicted octanol–water partition coefficient (Wildman–Crippen LogP) is 1.42. The smallest absolute Gasteiger partial charge is 0.146 e. The minimum absolute atomic E-state index is 0.0249. The molecule has 0 bridgehead atoms. The third-order valence-electron chi connectivity index (χ3n) is 5.60. The van der Waals surface area contributed by atoms with E-state index in [-0.39, 0.29) is 43.6 Å². The quantitative estimate of drug-likeness (QED) is 0.521. The predicted molar refractivity (Wildman–Crippen MR) is 95.8 cm³/mol. The van der Waals surface area contributed by atoms with Crippen molar-refractivity contribution in [2.45, 2.75) is 36.4 Å². The lowest BCUT2D eigenvalue weighted by Crippen LogP contribution is -2.44. The van der Waals surface area contributed by atoms with Crippen LogP contribution in [0.4, 0.5) is 0 Å². The van der Waals surface area contributed by atoms with Gasteiger partial charge in [0.2, 0.25) is 0 Å². The Bertz CT molecular complexity index is 658. The van der Waals surface area contributed by atoms with E-state index in [4.69, 9.17) is 23.8 Å². The van der Waals surface area contributed by atoms with Gasteiger partial charge in [0.05, 0.1) is 24.3 Å². The van der Waals surface area contributed by atoms with Crippen LogP contribution in [0.2, 0.25) is 0 Å². The van der Waals surface area contributed by atoms with Crippen LogP contribution in [0, 0.1) is 0 Å². The fourth-order valence-corrected chi connectivity index (χ4v) is 8.33. The molecule has 3 aliphatic rings. The van der Waals surface area contributed by atoms with E-state index in [2.05, 4.69) is 0 Å². The third-order valence-corrected chi connectivity index (χ3v) is 9.29. The normalized spacial score (nSPS) is 39.2. The molecule has 8 heteroatoms. The van der Waals surface area contributed by atoms with Gasteiger partial charge >= 0.3 is 0 Å². The molecule has 1 aromatic carbocycles. The molecule has 7 nitrogen and oxygen atoms in total. The fraction of sp³-hybridized carbons (Fsp3) is 0.667. The first kappa shape index (κ1) is 18.6. The Labute approximate surface area is 153 Å². The molecule has 0 aromatic heterocycles. The summed E-state index contributed by atoms with van der Waals surface area (Å²) in [6.45, 7) is 0.918. The SMILES string of the molecule is COCO[C@H]1[C@H]2[C@H]3[C@H](CC[P@]3(=O)c3ccccc3)ON2C[C@@H]1OCOC. The Morgan fingerprint density at radius 3 is 2.62 bits per heavy atom. The molecule has 6 atom stereocenters. The highest BCUT2D eigenvalue weighted by Crippen LogP contribution is 2.63. The van der Waals surface area contributed by atoms with Gasteiger partial charge in [0, 0.05) is 25.7 Å². The van der Waals surface area contributed by atoms with Crippen LogP contribution >= 0.6 is 7.14 Å². The Balaban J connectivity index is 1.63. The molecule has 144 valence electrons. The van der Waals surface area contributed by atoms with Gasteiger partial charge in [-0.3, -0.25) is 4.84 Å². The number of benzene rings is 1. The molecule has 0 amide bonds. The first-order valence-electron chi connectivity index (χ1n) is 8.98. The number of rotatable bonds is 7. The van der Waals surface area contributed by atoms with Gasteiger partial charge < -0.3 is 23.5 Å². The second-order valence-corrected chi connectivity index (χ2v) is 10.2. The van der Waals surface area contributed by atoms with Crippen molar-refractivity contribution < 1.29 is 28.4 Å². The van der Waals surface area contributed by atoms with E-state index in [0.29, 0.717) is 12.7 Å². The first-order chi connectivity index (χ1) is 12.7. The zero-order valence-corrected chi connectivity index (χ0v) is 16.0. The highest BCUT2D eigenvalue weighted by Gasteiger charge is 2.63.